The molecule has 1 aromatic carbocycles. The van der Waals surface area contributed by atoms with Gasteiger partial charge in [-0.3, -0.25) is 4.79 Å². The molecular formula is C12H11BrN2O3. The third-order valence-electron chi connectivity index (χ3n) is 2.55. The Balaban J connectivity index is 2.65. The molecule has 2 N–H and O–H groups in total. The Kier molecular flexibility index (Phi) is 3.38. The summed E-state index contributed by atoms with van der Waals surface area (Å²) in [5.41, 5.74) is 0.465. The summed E-state index contributed by atoms with van der Waals surface area (Å²) in [6.45, 7) is 1.51. The van der Waals surface area contributed by atoms with Crippen LogP contribution in [0.5, 0.6) is 11.6 Å². The molecule has 0 saturated heterocycles. The van der Waals surface area contributed by atoms with Gasteiger partial charge in [-0.25, -0.2) is 0 Å². The van der Waals surface area contributed by atoms with Crippen molar-refractivity contribution in [2.75, 3.05) is 7.11 Å². The van der Waals surface area contributed by atoms with Gasteiger partial charge in [-0.15, -0.1) is 0 Å². The summed E-state index contributed by atoms with van der Waals surface area (Å²) in [5, 5.41) is 9.58. The minimum absolute atomic E-state index is 0.192. The predicted octanol–water partition coefficient (Wildman–Crippen LogP) is 2.22. The molecule has 0 atom stereocenters. The summed E-state index contributed by atoms with van der Waals surface area (Å²) in [7, 11) is 1.55. The van der Waals surface area contributed by atoms with Gasteiger partial charge < -0.3 is 14.8 Å². The summed E-state index contributed by atoms with van der Waals surface area (Å²) in [6, 6.07) is 5.28. The number of aromatic amines is 1. The van der Waals surface area contributed by atoms with Gasteiger partial charge in [0.1, 0.15) is 11.6 Å². The molecule has 5 nitrogen and oxygen atoms in total. The zero-order chi connectivity index (χ0) is 13.3. The van der Waals surface area contributed by atoms with Crippen LogP contribution in [0.1, 0.15) is 5.56 Å². The Morgan fingerprint density at radius 2 is 2.17 bits per heavy atom. The van der Waals surface area contributed by atoms with Crippen LogP contribution in [0.15, 0.2) is 27.5 Å². The van der Waals surface area contributed by atoms with Crippen LogP contribution in [0, 0.1) is 6.92 Å². The van der Waals surface area contributed by atoms with Crippen LogP contribution >= 0.6 is 15.9 Å². The van der Waals surface area contributed by atoms with Gasteiger partial charge in [0.25, 0.3) is 5.56 Å². The standard InChI is InChI=1S/C12H11BrN2O3/c1-6-11(16)14-10(15-12(6)17)8-5-7(18-2)3-4-9(8)13/h3-5H,1-2H3,(H2,14,15,16,17). The van der Waals surface area contributed by atoms with E-state index in [-0.39, 0.29) is 22.8 Å². The molecule has 94 valence electrons. The van der Waals surface area contributed by atoms with E-state index < -0.39 is 0 Å². The Morgan fingerprint density at radius 1 is 1.44 bits per heavy atom. The Labute approximate surface area is 112 Å². The van der Waals surface area contributed by atoms with Gasteiger partial charge >= 0.3 is 0 Å². The predicted molar refractivity (Wildman–Crippen MR) is 70.9 cm³/mol. The molecule has 0 spiro atoms. The number of methoxy groups -OCH3 is 1. The molecular weight excluding hydrogens is 300 g/mol. The Bertz CT molecular complexity index is 652. The fraction of sp³-hybridized carbons (Fsp3) is 0.167. The lowest BCUT2D eigenvalue weighted by molar-refractivity contribution is 0.415. The zero-order valence-corrected chi connectivity index (χ0v) is 11.4. The number of H-pyrrole nitrogens is 1. The van der Waals surface area contributed by atoms with Crippen molar-refractivity contribution < 1.29 is 9.84 Å². The van der Waals surface area contributed by atoms with Gasteiger partial charge in [0.05, 0.1) is 12.7 Å². The minimum Gasteiger partial charge on any atom is -0.497 e. The Hall–Kier alpha value is -1.82. The molecule has 6 heteroatoms. The number of hydrogen-bond acceptors (Lipinski definition) is 4. The molecule has 0 radical (unpaired) electrons. The van der Waals surface area contributed by atoms with Crippen molar-refractivity contribution in [3.8, 4) is 23.0 Å². The monoisotopic (exact) mass is 310 g/mol. The van der Waals surface area contributed by atoms with E-state index in [0.29, 0.717) is 11.3 Å². The van der Waals surface area contributed by atoms with Gasteiger partial charge in [-0.05, 0) is 25.1 Å². The van der Waals surface area contributed by atoms with E-state index in [1.165, 1.54) is 6.92 Å². The third-order valence-corrected chi connectivity index (χ3v) is 3.25. The number of aromatic nitrogens is 2. The zero-order valence-electron chi connectivity index (χ0n) is 9.82. The lowest BCUT2D eigenvalue weighted by Gasteiger charge is -2.07. The molecule has 2 rings (SSSR count). The van der Waals surface area contributed by atoms with Crippen molar-refractivity contribution in [3.63, 3.8) is 0 Å². The van der Waals surface area contributed by atoms with E-state index in [1.54, 1.807) is 25.3 Å². The van der Waals surface area contributed by atoms with Crippen LogP contribution in [0.4, 0.5) is 0 Å². The average Bonchev–Trinajstić information content (AvgIpc) is 2.36. The number of ether oxygens (including phenoxy) is 1. The van der Waals surface area contributed by atoms with Crippen molar-refractivity contribution in [1.29, 1.82) is 0 Å². The number of nitrogens with one attached hydrogen (secondary N) is 1. The second-order valence-electron chi connectivity index (χ2n) is 3.71. The van der Waals surface area contributed by atoms with Gasteiger partial charge in [-0.2, -0.15) is 4.98 Å². The van der Waals surface area contributed by atoms with Crippen LogP contribution in [-0.4, -0.2) is 22.2 Å². The lowest BCUT2D eigenvalue weighted by atomic mass is 10.2. The van der Waals surface area contributed by atoms with E-state index in [1.807, 2.05) is 0 Å². The highest BCUT2D eigenvalue weighted by Crippen LogP contribution is 2.29. The topological polar surface area (TPSA) is 75.2 Å². The first-order valence-corrected chi connectivity index (χ1v) is 5.96. The van der Waals surface area contributed by atoms with Gasteiger partial charge in [0.2, 0.25) is 5.88 Å². The number of rotatable bonds is 2. The first-order chi connectivity index (χ1) is 8.52. The fourth-order valence-corrected chi connectivity index (χ4v) is 1.90. The van der Waals surface area contributed by atoms with Crippen molar-refractivity contribution >= 4 is 15.9 Å². The maximum atomic E-state index is 11.6. The van der Waals surface area contributed by atoms with Crippen LogP contribution in [0.2, 0.25) is 0 Å². The average molecular weight is 311 g/mol. The van der Waals surface area contributed by atoms with Gasteiger partial charge in [0.15, 0.2) is 0 Å². The van der Waals surface area contributed by atoms with Crippen LogP contribution in [0.25, 0.3) is 11.4 Å². The first-order valence-electron chi connectivity index (χ1n) is 5.16. The molecule has 0 aliphatic rings. The number of benzene rings is 1. The molecule has 18 heavy (non-hydrogen) atoms. The van der Waals surface area contributed by atoms with E-state index in [2.05, 4.69) is 25.9 Å². The maximum absolute atomic E-state index is 11.6. The highest BCUT2D eigenvalue weighted by molar-refractivity contribution is 9.10. The second-order valence-corrected chi connectivity index (χ2v) is 4.56. The first kappa shape index (κ1) is 12.6. The van der Waals surface area contributed by atoms with Crippen LogP contribution < -0.4 is 10.3 Å². The number of halogens is 1. The van der Waals surface area contributed by atoms with Crippen molar-refractivity contribution in [3.05, 3.63) is 38.6 Å². The van der Waals surface area contributed by atoms with E-state index in [0.717, 1.165) is 4.47 Å². The lowest BCUT2D eigenvalue weighted by Crippen LogP contribution is -2.12. The van der Waals surface area contributed by atoms with E-state index in [9.17, 15) is 9.90 Å². The van der Waals surface area contributed by atoms with Crippen molar-refractivity contribution in [2.45, 2.75) is 6.92 Å². The summed E-state index contributed by atoms with van der Waals surface area (Å²) in [5.74, 6) is 0.647. The summed E-state index contributed by atoms with van der Waals surface area (Å²) in [6.07, 6.45) is 0. The molecule has 0 aliphatic heterocycles. The number of hydrogen-bond donors (Lipinski definition) is 2. The SMILES string of the molecule is COc1ccc(Br)c(-c2nc(O)c(C)c(=O)[nH]2)c1. The number of aromatic hydroxyl groups is 1. The molecule has 2 aromatic rings. The normalized spacial score (nSPS) is 10.4. The van der Waals surface area contributed by atoms with E-state index in [4.69, 9.17) is 4.74 Å². The molecule has 0 aliphatic carbocycles. The highest BCUT2D eigenvalue weighted by atomic mass is 79.9. The third kappa shape index (κ3) is 2.24. The fourth-order valence-electron chi connectivity index (χ4n) is 1.46. The van der Waals surface area contributed by atoms with Crippen molar-refractivity contribution in [2.24, 2.45) is 0 Å². The Morgan fingerprint density at radius 3 is 2.78 bits per heavy atom. The summed E-state index contributed by atoms with van der Waals surface area (Å²) in [4.78, 5) is 18.2. The van der Waals surface area contributed by atoms with Crippen LogP contribution in [-0.2, 0) is 0 Å². The molecule has 0 saturated carbocycles. The number of nitrogens with zero attached hydrogens (tertiary/aromatic N) is 1. The maximum Gasteiger partial charge on any atom is 0.257 e. The molecule has 0 amide bonds. The van der Waals surface area contributed by atoms with Crippen LogP contribution in [0.3, 0.4) is 0 Å². The molecule has 0 fully saturated rings. The largest absolute Gasteiger partial charge is 0.497 e. The minimum atomic E-state index is -0.368. The molecule has 1 heterocycles. The second kappa shape index (κ2) is 4.81. The molecule has 0 bridgehead atoms. The van der Waals surface area contributed by atoms with Gasteiger partial charge in [0, 0.05) is 10.0 Å². The van der Waals surface area contributed by atoms with Crippen molar-refractivity contribution in [1.82, 2.24) is 9.97 Å². The smallest absolute Gasteiger partial charge is 0.257 e. The van der Waals surface area contributed by atoms with E-state index >= 15 is 0 Å². The molecule has 1 aromatic heterocycles. The molecule has 0 unspecified atom stereocenters. The summed E-state index contributed by atoms with van der Waals surface area (Å²) < 4.78 is 5.86. The quantitative estimate of drug-likeness (QED) is 0.892. The highest BCUT2D eigenvalue weighted by Gasteiger charge is 2.11. The van der Waals surface area contributed by atoms with Gasteiger partial charge in [-0.1, -0.05) is 15.9 Å². The summed E-state index contributed by atoms with van der Waals surface area (Å²) >= 11 is 3.36.